The van der Waals surface area contributed by atoms with Crippen molar-refractivity contribution in [3.05, 3.63) is 77.6 Å². The number of benzene rings is 2. The Morgan fingerprint density at radius 3 is 2.32 bits per heavy atom. The molecule has 1 unspecified atom stereocenters. The summed E-state index contributed by atoms with van der Waals surface area (Å²) in [5.74, 6) is 0.779. The third-order valence-electron chi connectivity index (χ3n) is 5.77. The highest BCUT2D eigenvalue weighted by atomic mass is 35.5. The van der Waals surface area contributed by atoms with E-state index in [1.807, 2.05) is 59.5 Å². The van der Waals surface area contributed by atoms with Gasteiger partial charge in [0.2, 0.25) is 5.95 Å². The maximum Gasteiger partial charge on any atom is 0.254 e. The maximum atomic E-state index is 13.5. The molecule has 3 aromatic rings. The molecule has 1 atom stereocenters. The van der Waals surface area contributed by atoms with Crippen LogP contribution in [-0.4, -0.2) is 46.5 Å². The Bertz CT molecular complexity index is 1050. The van der Waals surface area contributed by atoms with Gasteiger partial charge in [-0.05, 0) is 46.9 Å². The minimum absolute atomic E-state index is 0.0464. The molecule has 2 aromatic carbocycles. The van der Waals surface area contributed by atoms with Crippen molar-refractivity contribution in [2.45, 2.75) is 26.8 Å². The Morgan fingerprint density at radius 2 is 1.68 bits per heavy atom. The van der Waals surface area contributed by atoms with Gasteiger partial charge < -0.3 is 9.80 Å². The molecule has 0 spiro atoms. The number of hydrogen-bond donors (Lipinski definition) is 0. The zero-order valence-electron chi connectivity index (χ0n) is 18.1. The van der Waals surface area contributed by atoms with Gasteiger partial charge in [0.1, 0.15) is 0 Å². The predicted molar refractivity (Wildman–Crippen MR) is 125 cm³/mol. The third-order valence-corrected chi connectivity index (χ3v) is 6.00. The normalized spacial score (nSPS) is 17.0. The lowest BCUT2D eigenvalue weighted by Gasteiger charge is -2.47. The monoisotopic (exact) mass is 434 g/mol. The topological polar surface area (TPSA) is 49.3 Å². The first-order valence-electron chi connectivity index (χ1n) is 10.5. The second-order valence-corrected chi connectivity index (χ2v) is 9.40. The van der Waals surface area contributed by atoms with Gasteiger partial charge in [-0.2, -0.15) is 0 Å². The lowest BCUT2D eigenvalue weighted by Crippen LogP contribution is -2.60. The standard InChI is InChI=1S/C25H27ClN4O/c1-25(2,3)22-17-29(24-27-12-5-13-28-24)14-15-30(22)23(31)19-10-8-18(9-11-19)20-6-4-7-21(26)16-20/h4-13,16,22H,14-15,17H2,1-3H3. The lowest BCUT2D eigenvalue weighted by molar-refractivity contribution is 0.0479. The minimum atomic E-state index is -0.0795. The number of nitrogens with zero attached hydrogens (tertiary/aromatic N) is 4. The Hall–Kier alpha value is -2.92. The van der Waals surface area contributed by atoms with Crippen LogP contribution in [0.25, 0.3) is 11.1 Å². The molecule has 6 heteroatoms. The highest BCUT2D eigenvalue weighted by Crippen LogP contribution is 2.30. The van der Waals surface area contributed by atoms with Crippen LogP contribution >= 0.6 is 11.6 Å². The van der Waals surface area contributed by atoms with Crippen molar-refractivity contribution in [3.8, 4) is 11.1 Å². The molecular weight excluding hydrogens is 408 g/mol. The fraction of sp³-hybridized carbons (Fsp3) is 0.320. The van der Waals surface area contributed by atoms with Gasteiger partial charge in [-0.3, -0.25) is 4.79 Å². The molecule has 160 valence electrons. The Kier molecular flexibility index (Phi) is 5.96. The first-order chi connectivity index (χ1) is 14.8. The van der Waals surface area contributed by atoms with E-state index in [1.165, 1.54) is 0 Å². The molecule has 31 heavy (non-hydrogen) atoms. The SMILES string of the molecule is CC(C)(C)C1CN(c2ncccn2)CCN1C(=O)c1ccc(-c2cccc(Cl)c2)cc1. The summed E-state index contributed by atoms with van der Waals surface area (Å²) in [6.45, 7) is 8.58. The van der Waals surface area contributed by atoms with Crippen molar-refractivity contribution in [2.24, 2.45) is 5.41 Å². The summed E-state index contributed by atoms with van der Waals surface area (Å²) in [7, 11) is 0. The fourth-order valence-electron chi connectivity index (χ4n) is 4.04. The molecule has 1 aliphatic rings. The van der Waals surface area contributed by atoms with Crippen LogP contribution in [0.1, 0.15) is 31.1 Å². The van der Waals surface area contributed by atoms with Crippen molar-refractivity contribution >= 4 is 23.5 Å². The summed E-state index contributed by atoms with van der Waals surface area (Å²) in [5.41, 5.74) is 2.70. The summed E-state index contributed by atoms with van der Waals surface area (Å²) >= 11 is 6.12. The number of halogens is 1. The molecule has 0 bridgehead atoms. The average Bonchev–Trinajstić information content (AvgIpc) is 2.78. The van der Waals surface area contributed by atoms with Crippen LogP contribution in [0, 0.1) is 5.41 Å². The van der Waals surface area contributed by atoms with Crippen molar-refractivity contribution in [2.75, 3.05) is 24.5 Å². The van der Waals surface area contributed by atoms with Gasteiger partial charge >= 0.3 is 0 Å². The zero-order chi connectivity index (χ0) is 22.0. The fourth-order valence-corrected chi connectivity index (χ4v) is 4.23. The van der Waals surface area contributed by atoms with Gasteiger partial charge in [0.15, 0.2) is 0 Å². The largest absolute Gasteiger partial charge is 0.337 e. The van der Waals surface area contributed by atoms with Crippen molar-refractivity contribution in [1.82, 2.24) is 14.9 Å². The second kappa shape index (κ2) is 8.67. The van der Waals surface area contributed by atoms with Gasteiger partial charge in [-0.25, -0.2) is 9.97 Å². The Labute approximate surface area is 188 Å². The van der Waals surface area contributed by atoms with Crippen LogP contribution < -0.4 is 4.90 Å². The molecule has 0 N–H and O–H groups in total. The molecule has 1 aromatic heterocycles. The lowest BCUT2D eigenvalue weighted by atomic mass is 9.83. The minimum Gasteiger partial charge on any atom is -0.337 e. The summed E-state index contributed by atoms with van der Waals surface area (Å²) in [6.07, 6.45) is 3.51. The molecule has 0 saturated carbocycles. The summed E-state index contributed by atoms with van der Waals surface area (Å²) in [5, 5.41) is 0.700. The molecule has 1 aliphatic heterocycles. The number of amides is 1. The second-order valence-electron chi connectivity index (χ2n) is 8.96. The average molecular weight is 435 g/mol. The first-order valence-corrected chi connectivity index (χ1v) is 10.9. The van der Waals surface area contributed by atoms with Crippen molar-refractivity contribution < 1.29 is 4.79 Å². The van der Waals surface area contributed by atoms with Gasteiger partial charge in [0.05, 0.1) is 6.04 Å². The number of piperazine rings is 1. The van der Waals surface area contributed by atoms with E-state index in [-0.39, 0.29) is 17.4 Å². The zero-order valence-corrected chi connectivity index (χ0v) is 18.9. The molecule has 0 radical (unpaired) electrons. The molecule has 1 fully saturated rings. The molecule has 0 aliphatic carbocycles. The molecular formula is C25H27ClN4O. The van der Waals surface area contributed by atoms with Gasteiger partial charge in [-0.15, -0.1) is 0 Å². The summed E-state index contributed by atoms with van der Waals surface area (Å²) < 4.78 is 0. The van der Waals surface area contributed by atoms with E-state index in [2.05, 4.69) is 35.6 Å². The highest BCUT2D eigenvalue weighted by Gasteiger charge is 2.38. The number of rotatable bonds is 3. The van der Waals surface area contributed by atoms with Crippen LogP contribution in [0.5, 0.6) is 0 Å². The molecule has 2 heterocycles. The Balaban J connectivity index is 1.55. The van der Waals surface area contributed by atoms with E-state index in [4.69, 9.17) is 11.6 Å². The number of aromatic nitrogens is 2. The van der Waals surface area contributed by atoms with Crippen LogP contribution in [0.3, 0.4) is 0 Å². The van der Waals surface area contributed by atoms with Crippen molar-refractivity contribution in [1.29, 1.82) is 0 Å². The predicted octanol–water partition coefficient (Wildman–Crippen LogP) is 5.17. The van der Waals surface area contributed by atoms with E-state index >= 15 is 0 Å². The first kappa shape index (κ1) is 21.3. The molecule has 1 saturated heterocycles. The van der Waals surface area contributed by atoms with E-state index in [0.717, 1.165) is 17.1 Å². The van der Waals surface area contributed by atoms with Gasteiger partial charge in [0.25, 0.3) is 5.91 Å². The number of carbonyl (C=O) groups is 1. The van der Waals surface area contributed by atoms with E-state index in [0.29, 0.717) is 30.2 Å². The van der Waals surface area contributed by atoms with Crippen LogP contribution in [0.15, 0.2) is 67.0 Å². The Morgan fingerprint density at radius 1 is 0.968 bits per heavy atom. The quantitative estimate of drug-likeness (QED) is 0.570. The van der Waals surface area contributed by atoms with Crippen LogP contribution in [0.4, 0.5) is 5.95 Å². The van der Waals surface area contributed by atoms with E-state index in [9.17, 15) is 4.79 Å². The molecule has 5 nitrogen and oxygen atoms in total. The number of anilines is 1. The number of hydrogen-bond acceptors (Lipinski definition) is 4. The van der Waals surface area contributed by atoms with E-state index < -0.39 is 0 Å². The van der Waals surface area contributed by atoms with Crippen LogP contribution in [-0.2, 0) is 0 Å². The van der Waals surface area contributed by atoms with Crippen molar-refractivity contribution in [3.63, 3.8) is 0 Å². The molecule has 1 amide bonds. The van der Waals surface area contributed by atoms with E-state index in [1.54, 1.807) is 12.4 Å². The van der Waals surface area contributed by atoms with Crippen LogP contribution in [0.2, 0.25) is 5.02 Å². The third kappa shape index (κ3) is 4.72. The van der Waals surface area contributed by atoms with Gasteiger partial charge in [-0.1, -0.05) is 56.6 Å². The highest BCUT2D eigenvalue weighted by molar-refractivity contribution is 6.30. The van der Waals surface area contributed by atoms with Gasteiger partial charge in [0, 0.05) is 42.6 Å². The smallest absolute Gasteiger partial charge is 0.254 e. The summed E-state index contributed by atoms with van der Waals surface area (Å²) in [6, 6.07) is 17.4. The molecule has 4 rings (SSSR count). The maximum absolute atomic E-state index is 13.5. The number of carbonyl (C=O) groups excluding carboxylic acids is 1. The summed E-state index contributed by atoms with van der Waals surface area (Å²) in [4.78, 5) is 26.4.